The van der Waals surface area contributed by atoms with Crippen molar-refractivity contribution >= 4 is 23.5 Å². The molecule has 1 aliphatic carbocycles. The second-order valence-corrected chi connectivity index (χ2v) is 8.77. The lowest BCUT2D eigenvalue weighted by molar-refractivity contribution is -0.113. The van der Waals surface area contributed by atoms with Crippen LogP contribution in [0.2, 0.25) is 0 Å². The van der Waals surface area contributed by atoms with Gasteiger partial charge in [-0.05, 0) is 38.8 Å². The summed E-state index contributed by atoms with van der Waals surface area (Å²) in [6.45, 7) is 4.13. The monoisotopic (exact) mass is 434 g/mol. The van der Waals surface area contributed by atoms with Crippen LogP contribution in [0.4, 0.5) is 5.82 Å². The molecule has 0 radical (unpaired) electrons. The Morgan fingerprint density at radius 1 is 1.23 bits per heavy atom. The van der Waals surface area contributed by atoms with Gasteiger partial charge in [-0.15, -0.1) is 0 Å². The Morgan fingerprint density at radius 3 is 2.68 bits per heavy atom. The lowest BCUT2D eigenvalue weighted by Crippen LogP contribution is -2.19. The number of aryl methyl sites for hydroxylation is 1. The maximum absolute atomic E-state index is 12.8. The fraction of sp³-hybridized carbons (Fsp3) is 0.391. The third-order valence-corrected chi connectivity index (χ3v) is 6.73. The molecule has 160 valence electrons. The predicted octanol–water partition coefficient (Wildman–Crippen LogP) is 4.79. The molecule has 31 heavy (non-hydrogen) atoms. The number of thioether (sulfide) groups is 1. The van der Waals surface area contributed by atoms with Crippen LogP contribution >= 0.6 is 11.8 Å². The van der Waals surface area contributed by atoms with Gasteiger partial charge in [-0.3, -0.25) is 4.79 Å². The van der Waals surface area contributed by atoms with E-state index in [1.54, 1.807) is 4.68 Å². The number of aromatic nitrogens is 4. The highest BCUT2D eigenvalue weighted by molar-refractivity contribution is 7.99. The number of rotatable bonds is 6. The van der Waals surface area contributed by atoms with Gasteiger partial charge in [0.25, 0.3) is 0 Å². The van der Waals surface area contributed by atoms with Crippen LogP contribution in [-0.2, 0) is 4.79 Å². The van der Waals surface area contributed by atoms with E-state index in [9.17, 15) is 10.1 Å². The number of amides is 1. The molecular formula is C23H26N6OS. The zero-order valence-electron chi connectivity index (χ0n) is 17.8. The first kappa shape index (κ1) is 21.2. The van der Waals surface area contributed by atoms with Crippen LogP contribution in [-0.4, -0.2) is 31.0 Å². The van der Waals surface area contributed by atoms with Crippen LogP contribution in [0.3, 0.4) is 0 Å². The minimum absolute atomic E-state index is 0.187. The lowest BCUT2D eigenvalue weighted by atomic mass is 9.95. The van der Waals surface area contributed by atoms with E-state index in [4.69, 9.17) is 4.98 Å². The highest BCUT2D eigenvalue weighted by Crippen LogP contribution is 2.34. The molecule has 0 spiro atoms. The molecule has 3 aromatic rings. The Kier molecular flexibility index (Phi) is 6.42. The largest absolute Gasteiger partial charge is 0.320 e. The van der Waals surface area contributed by atoms with E-state index in [0.29, 0.717) is 17.4 Å². The molecule has 1 fully saturated rings. The summed E-state index contributed by atoms with van der Waals surface area (Å²) in [5.74, 6) is 0.419. The van der Waals surface area contributed by atoms with Crippen molar-refractivity contribution in [3.63, 3.8) is 0 Å². The highest BCUT2D eigenvalue weighted by Gasteiger charge is 2.23. The van der Waals surface area contributed by atoms with Crippen molar-refractivity contribution in [1.82, 2.24) is 19.3 Å². The van der Waals surface area contributed by atoms with Crippen LogP contribution in [0.5, 0.6) is 0 Å². The van der Waals surface area contributed by atoms with E-state index in [0.717, 1.165) is 29.4 Å². The molecule has 0 unspecified atom stereocenters. The number of benzene rings is 1. The molecule has 0 atom stereocenters. The van der Waals surface area contributed by atoms with Gasteiger partial charge in [0.2, 0.25) is 5.91 Å². The van der Waals surface area contributed by atoms with Crippen molar-refractivity contribution in [3.05, 3.63) is 53.5 Å². The first-order chi connectivity index (χ1) is 15.1. The minimum Gasteiger partial charge on any atom is -0.320 e. The summed E-state index contributed by atoms with van der Waals surface area (Å²) in [6.07, 6.45) is 7.58. The van der Waals surface area contributed by atoms with Gasteiger partial charge < -0.3 is 9.88 Å². The maximum Gasteiger partial charge on any atom is 0.236 e. The third-order valence-electron chi connectivity index (χ3n) is 5.77. The number of nitrogens with one attached hydrogen (secondary N) is 1. The molecule has 0 aliphatic heterocycles. The van der Waals surface area contributed by atoms with Gasteiger partial charge in [-0.1, -0.05) is 49.2 Å². The van der Waals surface area contributed by atoms with E-state index in [-0.39, 0.29) is 11.7 Å². The SMILES string of the molecule is Cc1nc(SCC(=O)Nc2c(C#N)cnn2-c2ccccc2)n(C2CCCCC2)c1C. The van der Waals surface area contributed by atoms with Gasteiger partial charge in [0.1, 0.15) is 11.6 Å². The summed E-state index contributed by atoms with van der Waals surface area (Å²) in [7, 11) is 0. The molecular weight excluding hydrogens is 408 g/mol. The van der Waals surface area contributed by atoms with Crippen LogP contribution in [0.15, 0.2) is 41.7 Å². The standard InChI is InChI=1S/C23H26N6OS/c1-16-17(2)28(19-9-5-3-6-10-19)23(26-16)31-15-21(30)27-22-18(13-24)14-25-29(22)20-11-7-4-8-12-20/h4,7-8,11-12,14,19H,3,5-6,9-10,15H2,1-2H3,(H,27,30). The van der Waals surface area contributed by atoms with Crippen molar-refractivity contribution in [2.24, 2.45) is 0 Å². The number of hydrogen-bond acceptors (Lipinski definition) is 5. The molecule has 1 saturated carbocycles. The summed E-state index contributed by atoms with van der Waals surface area (Å²) in [6, 6.07) is 12.0. The summed E-state index contributed by atoms with van der Waals surface area (Å²) in [5, 5.41) is 17.5. The van der Waals surface area contributed by atoms with E-state index in [1.165, 1.54) is 42.9 Å². The molecule has 2 heterocycles. The molecule has 4 rings (SSSR count). The molecule has 7 nitrogen and oxygen atoms in total. The zero-order valence-corrected chi connectivity index (χ0v) is 18.7. The number of para-hydroxylation sites is 1. The van der Waals surface area contributed by atoms with E-state index >= 15 is 0 Å². The zero-order chi connectivity index (χ0) is 21.8. The molecule has 8 heteroatoms. The Morgan fingerprint density at radius 2 is 1.97 bits per heavy atom. The number of carbonyl (C=O) groups excluding carboxylic acids is 1. The normalized spacial score (nSPS) is 14.4. The topological polar surface area (TPSA) is 88.5 Å². The van der Waals surface area contributed by atoms with Gasteiger partial charge in [-0.2, -0.15) is 10.4 Å². The summed E-state index contributed by atoms with van der Waals surface area (Å²) in [5.41, 5.74) is 3.31. The van der Waals surface area contributed by atoms with Crippen LogP contribution in [0.1, 0.15) is 55.1 Å². The van der Waals surface area contributed by atoms with Gasteiger partial charge in [0, 0.05) is 11.7 Å². The van der Waals surface area contributed by atoms with Crippen molar-refractivity contribution in [2.75, 3.05) is 11.1 Å². The van der Waals surface area contributed by atoms with Crippen molar-refractivity contribution < 1.29 is 4.79 Å². The van der Waals surface area contributed by atoms with Gasteiger partial charge in [-0.25, -0.2) is 9.67 Å². The maximum atomic E-state index is 12.8. The second-order valence-electron chi connectivity index (χ2n) is 7.83. The van der Waals surface area contributed by atoms with Crippen LogP contribution in [0.25, 0.3) is 5.69 Å². The highest BCUT2D eigenvalue weighted by atomic mass is 32.2. The summed E-state index contributed by atoms with van der Waals surface area (Å²) in [4.78, 5) is 17.5. The molecule has 0 bridgehead atoms. The Hall–Kier alpha value is -3.05. The number of imidazole rings is 1. The predicted molar refractivity (Wildman–Crippen MR) is 121 cm³/mol. The van der Waals surface area contributed by atoms with E-state index in [1.807, 2.05) is 37.3 Å². The fourth-order valence-electron chi connectivity index (χ4n) is 4.08. The molecule has 1 aliphatic rings. The number of anilines is 1. The smallest absolute Gasteiger partial charge is 0.236 e. The molecule has 0 saturated heterocycles. The van der Waals surface area contributed by atoms with Crippen molar-refractivity contribution in [2.45, 2.75) is 57.1 Å². The first-order valence-electron chi connectivity index (χ1n) is 10.6. The number of hydrogen-bond donors (Lipinski definition) is 1. The molecule has 2 aromatic heterocycles. The van der Waals surface area contributed by atoms with E-state index < -0.39 is 0 Å². The number of nitrogens with zero attached hydrogens (tertiary/aromatic N) is 5. The first-order valence-corrected chi connectivity index (χ1v) is 11.6. The molecule has 1 amide bonds. The van der Waals surface area contributed by atoms with Gasteiger partial charge in [0.15, 0.2) is 11.0 Å². The van der Waals surface area contributed by atoms with E-state index in [2.05, 4.69) is 28.0 Å². The summed E-state index contributed by atoms with van der Waals surface area (Å²) >= 11 is 1.45. The fourth-order valence-corrected chi connectivity index (χ4v) is 5.04. The average molecular weight is 435 g/mol. The second kappa shape index (κ2) is 9.40. The minimum atomic E-state index is -0.187. The quantitative estimate of drug-likeness (QED) is 0.563. The lowest BCUT2D eigenvalue weighted by Gasteiger charge is -2.26. The van der Waals surface area contributed by atoms with Gasteiger partial charge in [0.05, 0.1) is 23.3 Å². The number of nitriles is 1. The van der Waals surface area contributed by atoms with Crippen LogP contribution < -0.4 is 5.32 Å². The van der Waals surface area contributed by atoms with Crippen molar-refractivity contribution in [1.29, 1.82) is 5.26 Å². The molecule has 1 N–H and O–H groups in total. The summed E-state index contributed by atoms with van der Waals surface area (Å²) < 4.78 is 3.90. The Labute approximate surface area is 186 Å². The number of carbonyl (C=O) groups is 1. The average Bonchev–Trinajstić information content (AvgIpc) is 3.33. The van der Waals surface area contributed by atoms with Crippen LogP contribution in [0, 0.1) is 25.2 Å². The Balaban J connectivity index is 1.50. The third kappa shape index (κ3) is 4.52. The van der Waals surface area contributed by atoms with Crippen molar-refractivity contribution in [3.8, 4) is 11.8 Å². The van der Waals surface area contributed by atoms with Gasteiger partial charge >= 0.3 is 0 Å². The molecule has 1 aromatic carbocycles. The Bertz CT molecular complexity index is 1110.